The molecule has 1 aliphatic rings. The van der Waals surface area contributed by atoms with Crippen molar-refractivity contribution >= 4 is 11.6 Å². The fraction of sp³-hybridized carbons (Fsp3) is 0.625. The molecule has 1 aromatic carbocycles. The fourth-order valence-corrected chi connectivity index (χ4v) is 3.44. The Kier molecular flexibility index (Phi) is 5.09. The van der Waals surface area contributed by atoms with Gasteiger partial charge >= 0.3 is 6.18 Å². The lowest BCUT2D eigenvalue weighted by molar-refractivity contribution is -0.139. The average molecular weight is 335 g/mol. The van der Waals surface area contributed by atoms with Gasteiger partial charge in [-0.05, 0) is 17.5 Å². The monoisotopic (exact) mass is 334 g/mol. The average Bonchev–Trinajstić information content (AvgIpc) is 2.39. The highest BCUT2D eigenvalue weighted by Crippen LogP contribution is 2.46. The van der Waals surface area contributed by atoms with Gasteiger partial charge in [0, 0.05) is 42.8 Å². The van der Waals surface area contributed by atoms with Crippen molar-refractivity contribution in [3.05, 3.63) is 34.3 Å². The first kappa shape index (κ1) is 17.6. The Bertz CT molecular complexity index is 517. The van der Waals surface area contributed by atoms with Gasteiger partial charge in [0.15, 0.2) is 0 Å². The Labute approximate surface area is 134 Å². The van der Waals surface area contributed by atoms with Crippen molar-refractivity contribution in [3.8, 4) is 0 Å². The van der Waals surface area contributed by atoms with Gasteiger partial charge in [0.25, 0.3) is 0 Å². The molecule has 1 atom stereocenters. The van der Waals surface area contributed by atoms with Gasteiger partial charge in [-0.3, -0.25) is 4.90 Å². The van der Waals surface area contributed by atoms with Gasteiger partial charge in [-0.1, -0.05) is 38.4 Å². The lowest BCUT2D eigenvalue weighted by Crippen LogP contribution is -2.48. The van der Waals surface area contributed by atoms with Crippen LogP contribution in [-0.2, 0) is 6.18 Å². The van der Waals surface area contributed by atoms with Crippen LogP contribution in [0.25, 0.3) is 0 Å². The van der Waals surface area contributed by atoms with E-state index < -0.39 is 11.7 Å². The van der Waals surface area contributed by atoms with E-state index in [2.05, 4.69) is 10.2 Å². The van der Waals surface area contributed by atoms with E-state index in [0.717, 1.165) is 19.2 Å². The third-order valence-electron chi connectivity index (χ3n) is 3.97. The first-order chi connectivity index (χ1) is 10.1. The van der Waals surface area contributed by atoms with Gasteiger partial charge in [0.05, 0.1) is 5.56 Å². The molecule has 0 radical (unpaired) electrons. The molecule has 2 nitrogen and oxygen atoms in total. The van der Waals surface area contributed by atoms with Crippen LogP contribution in [0.2, 0.25) is 5.02 Å². The summed E-state index contributed by atoms with van der Waals surface area (Å²) in [5, 5.41) is 3.42. The van der Waals surface area contributed by atoms with E-state index in [-0.39, 0.29) is 22.0 Å². The summed E-state index contributed by atoms with van der Waals surface area (Å²) in [6, 6.07) is 3.67. The minimum Gasteiger partial charge on any atom is -0.314 e. The van der Waals surface area contributed by atoms with Crippen LogP contribution in [0.1, 0.15) is 37.9 Å². The molecule has 2 rings (SSSR count). The number of halogens is 4. The van der Waals surface area contributed by atoms with E-state index in [4.69, 9.17) is 11.6 Å². The maximum Gasteiger partial charge on any atom is 0.416 e. The van der Waals surface area contributed by atoms with Crippen molar-refractivity contribution in [1.29, 1.82) is 0 Å². The van der Waals surface area contributed by atoms with Crippen LogP contribution in [0.4, 0.5) is 13.2 Å². The lowest BCUT2D eigenvalue weighted by atomic mass is 9.79. The number of rotatable bonds is 2. The zero-order valence-corrected chi connectivity index (χ0v) is 13.9. The molecule has 22 heavy (non-hydrogen) atoms. The second-order valence-corrected chi connectivity index (χ2v) is 7.16. The highest BCUT2D eigenvalue weighted by atomic mass is 35.5. The van der Waals surface area contributed by atoms with Crippen LogP contribution in [-0.4, -0.2) is 31.1 Å². The van der Waals surface area contributed by atoms with Crippen molar-refractivity contribution < 1.29 is 13.2 Å². The normalized spacial score (nSPS) is 19.2. The Morgan fingerprint density at radius 3 is 2.23 bits per heavy atom. The molecule has 1 heterocycles. The maximum atomic E-state index is 13.5. The molecule has 0 bridgehead atoms. The highest BCUT2D eigenvalue weighted by molar-refractivity contribution is 6.31. The zero-order valence-electron chi connectivity index (χ0n) is 13.1. The Balaban J connectivity index is 2.57. The van der Waals surface area contributed by atoms with Crippen LogP contribution in [0.5, 0.6) is 0 Å². The summed E-state index contributed by atoms with van der Waals surface area (Å²) in [6.45, 7) is 8.86. The Morgan fingerprint density at radius 1 is 1.14 bits per heavy atom. The summed E-state index contributed by atoms with van der Waals surface area (Å²) in [5.41, 5.74) is -0.785. The van der Waals surface area contributed by atoms with Gasteiger partial charge in [-0.25, -0.2) is 0 Å². The Morgan fingerprint density at radius 2 is 1.73 bits per heavy atom. The number of benzene rings is 1. The number of nitrogens with one attached hydrogen (secondary N) is 1. The standard InChI is InChI=1S/C16H22ClF3N2/c1-15(2,3)14(22-9-7-21-8-10-22)13-11(16(18,19)20)5-4-6-12(13)17/h4-6,14,21H,7-10H2,1-3H3/t14-/m1/s1. The van der Waals surface area contributed by atoms with Crippen LogP contribution < -0.4 is 5.32 Å². The number of nitrogens with zero attached hydrogens (tertiary/aromatic N) is 1. The van der Waals surface area contributed by atoms with Gasteiger partial charge in [0.1, 0.15) is 0 Å². The topological polar surface area (TPSA) is 15.3 Å². The molecule has 1 aliphatic heterocycles. The van der Waals surface area contributed by atoms with Gasteiger partial charge in [-0.2, -0.15) is 13.2 Å². The summed E-state index contributed by atoms with van der Waals surface area (Å²) >= 11 is 6.21. The summed E-state index contributed by atoms with van der Waals surface area (Å²) in [7, 11) is 0. The second kappa shape index (κ2) is 6.38. The Hall–Kier alpha value is -0.780. The SMILES string of the molecule is CC(C)(C)[C@@H](c1c(Cl)cccc1C(F)(F)F)N1CCNCC1. The van der Waals surface area contributed by atoms with Crippen LogP contribution in [0.15, 0.2) is 18.2 Å². The van der Waals surface area contributed by atoms with Crippen molar-refractivity contribution in [2.75, 3.05) is 26.2 Å². The number of piperazine rings is 1. The van der Waals surface area contributed by atoms with E-state index in [1.165, 1.54) is 6.07 Å². The molecule has 1 saturated heterocycles. The van der Waals surface area contributed by atoms with Crippen molar-refractivity contribution in [1.82, 2.24) is 10.2 Å². The molecule has 0 aromatic heterocycles. The van der Waals surface area contributed by atoms with E-state index in [1.54, 1.807) is 6.07 Å². The minimum atomic E-state index is -4.40. The second-order valence-electron chi connectivity index (χ2n) is 6.75. The molecule has 0 spiro atoms. The first-order valence-corrected chi connectivity index (χ1v) is 7.80. The molecule has 0 saturated carbocycles. The summed E-state index contributed by atoms with van der Waals surface area (Å²) < 4.78 is 40.4. The molecule has 0 aliphatic carbocycles. The molecule has 0 unspecified atom stereocenters. The van der Waals surface area contributed by atoms with Crippen LogP contribution >= 0.6 is 11.6 Å². The van der Waals surface area contributed by atoms with E-state index in [9.17, 15) is 13.2 Å². The molecule has 1 fully saturated rings. The van der Waals surface area contributed by atoms with Gasteiger partial charge in [-0.15, -0.1) is 0 Å². The molecular formula is C16H22ClF3N2. The fourth-order valence-electron chi connectivity index (χ4n) is 3.17. The largest absolute Gasteiger partial charge is 0.416 e. The van der Waals surface area contributed by atoms with Gasteiger partial charge in [0.2, 0.25) is 0 Å². The predicted octanol–water partition coefficient (Wildman–Crippen LogP) is 4.35. The van der Waals surface area contributed by atoms with Crippen LogP contribution in [0.3, 0.4) is 0 Å². The van der Waals surface area contributed by atoms with Crippen LogP contribution in [0, 0.1) is 5.41 Å². The zero-order chi connectivity index (χ0) is 16.5. The maximum absolute atomic E-state index is 13.5. The summed E-state index contributed by atoms with van der Waals surface area (Å²) in [6.07, 6.45) is -4.40. The van der Waals surface area contributed by atoms with E-state index in [0.29, 0.717) is 13.1 Å². The molecule has 0 amide bonds. The van der Waals surface area contributed by atoms with Gasteiger partial charge < -0.3 is 5.32 Å². The number of hydrogen-bond acceptors (Lipinski definition) is 2. The third-order valence-corrected chi connectivity index (χ3v) is 4.30. The molecule has 1 N–H and O–H groups in total. The number of alkyl halides is 3. The van der Waals surface area contributed by atoms with Crippen molar-refractivity contribution in [3.63, 3.8) is 0 Å². The predicted molar refractivity (Wildman–Crippen MR) is 83.1 cm³/mol. The van der Waals surface area contributed by atoms with E-state index >= 15 is 0 Å². The quantitative estimate of drug-likeness (QED) is 0.865. The minimum absolute atomic E-state index is 0.188. The summed E-state index contributed by atoms with van der Waals surface area (Å²) in [4.78, 5) is 2.10. The smallest absolute Gasteiger partial charge is 0.314 e. The van der Waals surface area contributed by atoms with E-state index in [1.807, 2.05) is 20.8 Å². The third kappa shape index (κ3) is 3.76. The lowest BCUT2D eigenvalue weighted by Gasteiger charge is -2.43. The molecule has 124 valence electrons. The molecule has 1 aromatic rings. The summed E-state index contributed by atoms with van der Waals surface area (Å²) in [5.74, 6) is 0. The van der Waals surface area contributed by atoms with Crippen molar-refractivity contribution in [2.24, 2.45) is 5.41 Å². The number of hydrogen-bond donors (Lipinski definition) is 1. The first-order valence-electron chi connectivity index (χ1n) is 7.43. The highest BCUT2D eigenvalue weighted by Gasteiger charge is 2.41. The molecule has 6 heteroatoms. The molecular weight excluding hydrogens is 313 g/mol. The van der Waals surface area contributed by atoms with Crippen molar-refractivity contribution in [2.45, 2.75) is 33.0 Å².